The Balaban J connectivity index is 3.03. The predicted octanol–water partition coefficient (Wildman–Crippen LogP) is 1.92. The van der Waals surface area contributed by atoms with Gasteiger partial charge in [-0.2, -0.15) is 13.2 Å². The van der Waals surface area contributed by atoms with Gasteiger partial charge in [-0.15, -0.1) is 0 Å². The molecule has 112 valence electrons. The molecule has 4 nitrogen and oxygen atoms in total. The maximum Gasteiger partial charge on any atom is 0.416 e. The third-order valence-corrected chi connectivity index (χ3v) is 4.26. The van der Waals surface area contributed by atoms with E-state index in [1.54, 1.807) is 6.92 Å². The van der Waals surface area contributed by atoms with E-state index in [1.807, 2.05) is 0 Å². The molecule has 2 unspecified atom stereocenters. The smallest absolute Gasteiger partial charge is 0.398 e. The molecule has 0 aromatic heterocycles. The number of hydrogen-bond acceptors (Lipinski definition) is 3. The van der Waals surface area contributed by atoms with Crippen LogP contribution in [-0.4, -0.2) is 21.9 Å². The highest BCUT2D eigenvalue weighted by atomic mass is 32.2. The summed E-state index contributed by atoms with van der Waals surface area (Å²) in [6, 6.07) is 2.57. The minimum atomic E-state index is -4.51. The average molecular weight is 308 g/mol. The molecular formula is C12H15F3N2O2S. The van der Waals surface area contributed by atoms with Gasteiger partial charge in [0.05, 0.1) is 21.3 Å². The lowest BCUT2D eigenvalue weighted by Crippen LogP contribution is -2.35. The molecular weight excluding hydrogens is 293 g/mol. The second-order valence-electron chi connectivity index (χ2n) is 4.08. The molecule has 0 bridgehead atoms. The average Bonchev–Trinajstić information content (AvgIpc) is 2.36. The fourth-order valence-corrected chi connectivity index (χ4v) is 2.67. The van der Waals surface area contributed by atoms with Crippen LogP contribution in [0.25, 0.3) is 0 Å². The molecule has 0 radical (unpaired) electrons. The minimum absolute atomic E-state index is 0.0248. The van der Waals surface area contributed by atoms with Crippen LogP contribution < -0.4 is 11.1 Å². The molecule has 1 aromatic carbocycles. The molecule has 2 atom stereocenters. The number of anilines is 1. The Hall–Kier alpha value is -1.57. The lowest BCUT2D eigenvalue weighted by Gasteiger charge is -2.14. The van der Waals surface area contributed by atoms with Crippen LogP contribution in [0.1, 0.15) is 19.4 Å². The summed E-state index contributed by atoms with van der Waals surface area (Å²) >= 11 is 0. The molecule has 0 saturated heterocycles. The molecule has 8 heteroatoms. The number of nitrogen functional groups attached to an aromatic ring is 1. The normalized spacial score (nSPS) is 14.7. The molecule has 0 fully saturated rings. The summed E-state index contributed by atoms with van der Waals surface area (Å²) in [6.07, 6.45) is -4.51. The van der Waals surface area contributed by atoms with E-state index in [9.17, 15) is 22.2 Å². The van der Waals surface area contributed by atoms with Crippen molar-refractivity contribution >= 4 is 22.4 Å². The van der Waals surface area contributed by atoms with Crippen molar-refractivity contribution in [3.63, 3.8) is 0 Å². The molecule has 1 rings (SSSR count). The van der Waals surface area contributed by atoms with Crippen LogP contribution in [0.3, 0.4) is 0 Å². The zero-order valence-electron chi connectivity index (χ0n) is 11.0. The highest BCUT2D eigenvalue weighted by molar-refractivity contribution is 7.86. The number of nitrogens with two attached hydrogens (primary N) is 1. The van der Waals surface area contributed by atoms with Crippen molar-refractivity contribution in [2.75, 3.05) is 12.3 Å². The van der Waals surface area contributed by atoms with Crippen molar-refractivity contribution in [1.82, 2.24) is 5.32 Å². The van der Waals surface area contributed by atoms with E-state index in [0.717, 1.165) is 18.2 Å². The molecule has 0 heterocycles. The SMILES string of the molecule is CCNC(=O)C(C)S(=O)c1ccc(C(F)(F)F)cc1N. The number of amides is 1. The second-order valence-corrected chi connectivity index (χ2v) is 5.83. The summed E-state index contributed by atoms with van der Waals surface area (Å²) in [4.78, 5) is 11.6. The highest BCUT2D eigenvalue weighted by Crippen LogP contribution is 2.32. The van der Waals surface area contributed by atoms with Crippen molar-refractivity contribution < 1.29 is 22.2 Å². The van der Waals surface area contributed by atoms with Gasteiger partial charge in [-0.3, -0.25) is 9.00 Å². The number of benzene rings is 1. The summed E-state index contributed by atoms with van der Waals surface area (Å²) in [5.41, 5.74) is 4.35. The van der Waals surface area contributed by atoms with Crippen molar-refractivity contribution in [3.05, 3.63) is 23.8 Å². The fraction of sp³-hybridized carbons (Fsp3) is 0.417. The molecule has 3 N–H and O–H groups in total. The third-order valence-electron chi connectivity index (χ3n) is 2.60. The summed E-state index contributed by atoms with van der Waals surface area (Å²) in [6.45, 7) is 3.51. The van der Waals surface area contributed by atoms with Crippen LogP contribution in [0, 0.1) is 0 Å². The molecule has 1 amide bonds. The zero-order chi connectivity index (χ0) is 15.5. The van der Waals surface area contributed by atoms with E-state index in [1.165, 1.54) is 6.92 Å². The third kappa shape index (κ3) is 3.72. The lowest BCUT2D eigenvalue weighted by molar-refractivity contribution is -0.137. The summed E-state index contributed by atoms with van der Waals surface area (Å²) < 4.78 is 49.6. The number of halogens is 3. The largest absolute Gasteiger partial charge is 0.416 e. The summed E-state index contributed by atoms with van der Waals surface area (Å²) in [7, 11) is -1.81. The summed E-state index contributed by atoms with van der Waals surface area (Å²) in [5.74, 6) is -0.440. The second kappa shape index (κ2) is 6.25. The van der Waals surface area contributed by atoms with Crippen molar-refractivity contribution in [2.24, 2.45) is 0 Å². The van der Waals surface area contributed by atoms with E-state index in [2.05, 4.69) is 5.32 Å². The Labute approximate surface area is 117 Å². The van der Waals surface area contributed by atoms with E-state index in [0.29, 0.717) is 6.54 Å². The van der Waals surface area contributed by atoms with Crippen molar-refractivity contribution in [3.8, 4) is 0 Å². The van der Waals surface area contributed by atoms with Gasteiger partial charge in [0.2, 0.25) is 5.91 Å². The number of nitrogens with one attached hydrogen (secondary N) is 1. The number of carbonyl (C=O) groups excluding carboxylic acids is 1. The molecule has 0 saturated carbocycles. The molecule has 0 aliphatic rings. The maximum absolute atomic E-state index is 12.5. The van der Waals surface area contributed by atoms with Crippen LogP contribution in [0.5, 0.6) is 0 Å². The first-order valence-corrected chi connectivity index (χ1v) is 7.04. The Morgan fingerprint density at radius 3 is 2.50 bits per heavy atom. The van der Waals surface area contributed by atoms with Gasteiger partial charge in [-0.25, -0.2) is 0 Å². The Bertz CT molecular complexity index is 532. The predicted molar refractivity (Wildman–Crippen MR) is 70.4 cm³/mol. The van der Waals surface area contributed by atoms with Gasteiger partial charge in [0.25, 0.3) is 0 Å². The van der Waals surface area contributed by atoms with Gasteiger partial charge in [0, 0.05) is 12.2 Å². The van der Waals surface area contributed by atoms with E-state index >= 15 is 0 Å². The first-order valence-electron chi connectivity index (χ1n) is 5.83. The Kier molecular flexibility index (Phi) is 5.15. The monoisotopic (exact) mass is 308 g/mol. The first kappa shape index (κ1) is 16.5. The Morgan fingerprint density at radius 1 is 1.45 bits per heavy atom. The number of rotatable bonds is 4. The van der Waals surface area contributed by atoms with Gasteiger partial charge in [0.15, 0.2) is 0 Å². The van der Waals surface area contributed by atoms with E-state index < -0.39 is 33.7 Å². The topological polar surface area (TPSA) is 72.2 Å². The van der Waals surface area contributed by atoms with Gasteiger partial charge >= 0.3 is 6.18 Å². The van der Waals surface area contributed by atoms with Gasteiger partial charge in [-0.1, -0.05) is 0 Å². The molecule has 1 aromatic rings. The number of hydrogen-bond donors (Lipinski definition) is 2. The molecule has 0 spiro atoms. The summed E-state index contributed by atoms with van der Waals surface area (Å²) in [5, 5.41) is 1.60. The maximum atomic E-state index is 12.5. The van der Waals surface area contributed by atoms with E-state index in [-0.39, 0.29) is 10.6 Å². The molecule has 20 heavy (non-hydrogen) atoms. The van der Waals surface area contributed by atoms with Gasteiger partial charge in [-0.05, 0) is 32.0 Å². The van der Waals surface area contributed by atoms with Crippen LogP contribution in [0.2, 0.25) is 0 Å². The first-order chi connectivity index (χ1) is 9.18. The molecule has 0 aliphatic heterocycles. The van der Waals surface area contributed by atoms with Crippen molar-refractivity contribution in [2.45, 2.75) is 30.2 Å². The van der Waals surface area contributed by atoms with Crippen molar-refractivity contribution in [1.29, 1.82) is 0 Å². The molecule has 0 aliphatic carbocycles. The van der Waals surface area contributed by atoms with Crippen LogP contribution >= 0.6 is 0 Å². The highest BCUT2D eigenvalue weighted by Gasteiger charge is 2.32. The Morgan fingerprint density at radius 2 is 2.05 bits per heavy atom. The standard InChI is InChI=1S/C12H15F3N2O2S/c1-3-17-11(18)7(2)20(19)10-5-4-8(6-9(10)16)12(13,14)15/h4-7H,3,16H2,1-2H3,(H,17,18). The van der Waals surface area contributed by atoms with Crippen LogP contribution in [0.4, 0.5) is 18.9 Å². The quantitative estimate of drug-likeness (QED) is 0.835. The lowest BCUT2D eigenvalue weighted by atomic mass is 10.2. The van der Waals surface area contributed by atoms with Crippen LogP contribution in [-0.2, 0) is 21.8 Å². The number of carbonyl (C=O) groups is 1. The van der Waals surface area contributed by atoms with Gasteiger partial charge < -0.3 is 11.1 Å². The van der Waals surface area contributed by atoms with Gasteiger partial charge in [0.1, 0.15) is 5.25 Å². The fourth-order valence-electron chi connectivity index (χ4n) is 1.51. The van der Waals surface area contributed by atoms with E-state index in [4.69, 9.17) is 5.73 Å². The van der Waals surface area contributed by atoms with Crippen LogP contribution in [0.15, 0.2) is 23.1 Å². The minimum Gasteiger partial charge on any atom is -0.398 e. The zero-order valence-corrected chi connectivity index (χ0v) is 11.8. The number of alkyl halides is 3.